The van der Waals surface area contributed by atoms with Crippen LogP contribution in [0.3, 0.4) is 0 Å². The lowest BCUT2D eigenvalue weighted by Crippen LogP contribution is -2.33. The number of halogens is 1. The number of carboxylic acid groups (broad SMARTS) is 1. The number of nitrogens with zero attached hydrogens (tertiary/aromatic N) is 2. The van der Waals surface area contributed by atoms with Crippen molar-refractivity contribution < 1.29 is 14.7 Å². The number of aryl methyl sites for hydroxylation is 2. The second kappa shape index (κ2) is 10.1. The highest BCUT2D eigenvalue weighted by molar-refractivity contribution is 7.72. The molecular weight excluding hydrogens is 506 g/mol. The van der Waals surface area contributed by atoms with E-state index in [1.165, 1.54) is 0 Å². The van der Waals surface area contributed by atoms with Crippen molar-refractivity contribution in [1.29, 1.82) is 0 Å². The molecule has 35 heavy (non-hydrogen) atoms. The summed E-state index contributed by atoms with van der Waals surface area (Å²) >= 11 is 16.7. The van der Waals surface area contributed by atoms with Crippen molar-refractivity contribution in [3.63, 3.8) is 0 Å². The van der Waals surface area contributed by atoms with E-state index in [1.54, 1.807) is 4.57 Å². The predicted molar refractivity (Wildman–Crippen MR) is 142 cm³/mol. The summed E-state index contributed by atoms with van der Waals surface area (Å²) in [5.41, 5.74) is 4.60. The Balaban J connectivity index is 1.44. The molecule has 184 valence electrons. The maximum absolute atomic E-state index is 12.7. The van der Waals surface area contributed by atoms with Crippen LogP contribution >= 0.6 is 36.0 Å². The van der Waals surface area contributed by atoms with Crippen LogP contribution < -0.4 is 9.80 Å². The van der Waals surface area contributed by atoms with Crippen LogP contribution in [-0.2, 0) is 9.59 Å². The second-order valence-electron chi connectivity index (χ2n) is 8.98. The van der Waals surface area contributed by atoms with Crippen LogP contribution in [0.5, 0.6) is 0 Å². The van der Waals surface area contributed by atoms with Crippen LogP contribution in [0.4, 0.5) is 11.4 Å². The lowest BCUT2D eigenvalue weighted by atomic mass is 10.1. The van der Waals surface area contributed by atoms with Gasteiger partial charge < -0.3 is 10.4 Å². The molecule has 11 heteroatoms. The monoisotopic (exact) mass is 532 g/mol. The molecule has 1 saturated heterocycles. The van der Waals surface area contributed by atoms with Gasteiger partial charge in [0.15, 0.2) is 15.6 Å². The summed E-state index contributed by atoms with van der Waals surface area (Å²) in [6.45, 7) is 5.44. The zero-order valence-corrected chi connectivity index (χ0v) is 21.8. The minimum absolute atomic E-state index is 0.00109. The predicted octanol–water partition coefficient (Wildman–Crippen LogP) is 5.45. The molecule has 2 atom stereocenters. The number of carboxylic acids is 1. The van der Waals surface area contributed by atoms with Crippen molar-refractivity contribution in [1.82, 2.24) is 19.2 Å². The number of anilines is 1. The molecule has 3 aromatic rings. The minimum Gasteiger partial charge on any atom is -0.481 e. The van der Waals surface area contributed by atoms with Crippen molar-refractivity contribution in [2.75, 3.05) is 18.4 Å². The summed E-state index contributed by atoms with van der Waals surface area (Å²) in [7, 11) is 0. The Morgan fingerprint density at radius 1 is 1.17 bits per heavy atom. The summed E-state index contributed by atoms with van der Waals surface area (Å²) in [5.74, 6) is -0.913. The molecule has 1 aliphatic heterocycles. The molecule has 1 fully saturated rings. The third kappa shape index (κ3) is 5.40. The molecule has 0 spiro atoms. The van der Waals surface area contributed by atoms with Gasteiger partial charge in [-0.15, -0.1) is 0 Å². The molecule has 0 aliphatic carbocycles. The minimum atomic E-state index is -0.806. The summed E-state index contributed by atoms with van der Waals surface area (Å²) in [6, 6.07) is 11.1. The van der Waals surface area contributed by atoms with Gasteiger partial charge in [-0.05, 0) is 68.6 Å². The largest absolute Gasteiger partial charge is 0.481 e. The number of H-pyrrole nitrogens is 2. The van der Waals surface area contributed by atoms with Gasteiger partial charge in [-0.3, -0.25) is 28.8 Å². The van der Waals surface area contributed by atoms with E-state index in [0.717, 1.165) is 29.0 Å². The number of hydrogen-bond donors (Lipinski definition) is 4. The van der Waals surface area contributed by atoms with E-state index in [4.69, 9.17) is 36.0 Å². The number of aliphatic carboxylic acids is 1. The second-order valence-corrected chi connectivity index (χ2v) is 10.2. The quantitative estimate of drug-likeness (QED) is 0.167. The standard InChI is InChI=1S/C24H26ClN5O3S2/c1-14-9-16(25)10-15(2)22(14)30(13-19(30)12-21(32)33)8-4-7-20(31)26-17-5-3-6-18(11-17)29-23(34)27-28-24(29)35/h3,5-6,9-11,19H,4,7-8,12-13H2,1-2H3,(H3-,26,27,28,31,32,33,34,35)/p+1. The topological polar surface area (TPSA) is 103 Å². The highest BCUT2D eigenvalue weighted by Crippen LogP contribution is 2.45. The number of amides is 1. The van der Waals surface area contributed by atoms with Gasteiger partial charge in [-0.1, -0.05) is 17.7 Å². The number of hydrogen-bond acceptors (Lipinski definition) is 4. The highest BCUT2D eigenvalue weighted by Gasteiger charge is 2.58. The Labute approximate surface area is 218 Å². The summed E-state index contributed by atoms with van der Waals surface area (Å²) in [4.78, 5) is 24.2. The molecule has 0 bridgehead atoms. The van der Waals surface area contributed by atoms with Crippen LogP contribution in [0.1, 0.15) is 30.4 Å². The molecule has 4 rings (SSSR count). The number of rotatable bonds is 9. The molecule has 1 amide bonds. The van der Waals surface area contributed by atoms with Gasteiger partial charge in [0.25, 0.3) is 0 Å². The average molecular weight is 533 g/mol. The van der Waals surface area contributed by atoms with E-state index in [0.29, 0.717) is 44.1 Å². The number of benzene rings is 2. The highest BCUT2D eigenvalue weighted by atomic mass is 35.5. The molecule has 2 heterocycles. The van der Waals surface area contributed by atoms with Crippen LogP contribution in [0, 0.1) is 23.4 Å². The number of carbonyl (C=O) groups excluding carboxylic acids is 1. The number of carbonyl (C=O) groups is 2. The smallest absolute Gasteiger partial charge is 0.309 e. The third-order valence-electron chi connectivity index (χ3n) is 6.44. The van der Waals surface area contributed by atoms with Crippen molar-refractivity contribution in [2.24, 2.45) is 0 Å². The fourth-order valence-electron chi connectivity index (χ4n) is 5.05. The number of aromatic amines is 2. The van der Waals surface area contributed by atoms with E-state index >= 15 is 0 Å². The fourth-order valence-corrected chi connectivity index (χ4v) is 5.93. The lowest BCUT2D eigenvalue weighted by molar-refractivity contribution is -0.137. The normalized spacial score (nSPS) is 18.9. The first-order valence-corrected chi connectivity index (χ1v) is 12.5. The van der Waals surface area contributed by atoms with Crippen LogP contribution in [0.2, 0.25) is 5.02 Å². The summed E-state index contributed by atoms with van der Waals surface area (Å²) in [5, 5.41) is 18.6. The Morgan fingerprint density at radius 3 is 2.46 bits per heavy atom. The Kier molecular flexibility index (Phi) is 7.27. The third-order valence-corrected chi connectivity index (χ3v) is 7.23. The molecule has 1 aromatic heterocycles. The first kappa shape index (κ1) is 25.3. The molecule has 8 nitrogen and oxygen atoms in total. The Morgan fingerprint density at radius 2 is 1.83 bits per heavy atom. The summed E-state index contributed by atoms with van der Waals surface area (Å²) < 4.78 is 3.13. The number of quaternary nitrogens is 1. The van der Waals surface area contributed by atoms with E-state index < -0.39 is 5.97 Å². The van der Waals surface area contributed by atoms with Gasteiger partial charge in [0, 0.05) is 34.7 Å². The molecule has 0 radical (unpaired) electrons. The van der Waals surface area contributed by atoms with Gasteiger partial charge in [0.2, 0.25) is 5.91 Å². The van der Waals surface area contributed by atoms with Crippen LogP contribution in [0.15, 0.2) is 36.4 Å². The summed E-state index contributed by atoms with van der Waals surface area (Å²) in [6.07, 6.45) is 1.04. The molecule has 2 unspecified atom stereocenters. The Bertz CT molecular complexity index is 1360. The maximum atomic E-state index is 12.7. The van der Waals surface area contributed by atoms with Crippen LogP contribution in [0.25, 0.3) is 5.69 Å². The van der Waals surface area contributed by atoms with Crippen molar-refractivity contribution >= 4 is 59.3 Å². The molecular formula is C24H27ClN5O3S2+. The molecule has 4 N–H and O–H groups in total. The zero-order chi connectivity index (χ0) is 25.3. The van der Waals surface area contributed by atoms with Crippen molar-refractivity contribution in [3.8, 4) is 5.69 Å². The molecule has 2 aromatic carbocycles. The van der Waals surface area contributed by atoms with Gasteiger partial charge in [0.1, 0.15) is 18.7 Å². The number of aromatic nitrogens is 3. The first-order valence-electron chi connectivity index (χ1n) is 11.3. The lowest BCUT2D eigenvalue weighted by Gasteiger charge is -2.24. The molecule has 0 saturated carbocycles. The SMILES string of the molecule is Cc1cc(Cl)cc(C)c1[N+]1(CCCC(=O)Nc2cccc(-n3c(=S)[nH][nH]c3=S)c2)CC1CC(=O)O. The molecule has 1 aliphatic rings. The van der Waals surface area contributed by atoms with E-state index in [2.05, 4.69) is 15.5 Å². The fraction of sp³-hybridized carbons (Fsp3) is 0.333. The van der Waals surface area contributed by atoms with E-state index in [9.17, 15) is 14.7 Å². The average Bonchev–Trinajstić information content (AvgIpc) is 3.31. The Hall–Kier alpha value is -2.79. The van der Waals surface area contributed by atoms with Gasteiger partial charge in [-0.25, -0.2) is 0 Å². The van der Waals surface area contributed by atoms with Crippen LogP contribution in [-0.4, -0.2) is 50.9 Å². The van der Waals surface area contributed by atoms with Crippen molar-refractivity contribution in [3.05, 3.63) is 62.1 Å². The first-order chi connectivity index (χ1) is 16.6. The van der Waals surface area contributed by atoms with Gasteiger partial charge in [0.05, 0.1) is 12.2 Å². The zero-order valence-electron chi connectivity index (χ0n) is 19.4. The number of nitrogens with one attached hydrogen (secondary N) is 3. The van der Waals surface area contributed by atoms with E-state index in [1.807, 2.05) is 50.2 Å². The maximum Gasteiger partial charge on any atom is 0.309 e. The van der Waals surface area contributed by atoms with E-state index in [-0.39, 0.29) is 18.4 Å². The van der Waals surface area contributed by atoms with Crippen molar-refractivity contribution in [2.45, 2.75) is 39.2 Å². The van der Waals surface area contributed by atoms with Gasteiger partial charge >= 0.3 is 5.97 Å². The van der Waals surface area contributed by atoms with Gasteiger partial charge in [-0.2, -0.15) is 0 Å².